The van der Waals surface area contributed by atoms with Crippen molar-refractivity contribution < 1.29 is 23.4 Å². The van der Waals surface area contributed by atoms with Crippen molar-refractivity contribution in [1.29, 1.82) is 0 Å². The third kappa shape index (κ3) is 3.58. The monoisotopic (exact) mass is 495 g/mol. The highest BCUT2D eigenvalue weighted by Crippen LogP contribution is 2.68. The molecule has 2 saturated heterocycles. The van der Waals surface area contributed by atoms with E-state index in [2.05, 4.69) is 46.0 Å². The van der Waals surface area contributed by atoms with Crippen molar-refractivity contribution >= 4 is 14.4 Å². The molecule has 6 nitrogen and oxygen atoms in total. The van der Waals surface area contributed by atoms with Crippen molar-refractivity contribution in [3.05, 3.63) is 71.8 Å². The van der Waals surface area contributed by atoms with Crippen LogP contribution in [0.2, 0.25) is 18.1 Å². The number of cyclic esters (lactones) is 1. The van der Waals surface area contributed by atoms with E-state index in [0.717, 1.165) is 11.1 Å². The first kappa shape index (κ1) is 24.5. The molecule has 1 saturated carbocycles. The molecule has 2 aromatic rings. The number of carbonyl (C=O) groups excluding carboxylic acids is 1. The summed E-state index contributed by atoms with van der Waals surface area (Å²) < 4.78 is 25.7. The Bertz CT molecular complexity index is 1090. The number of hydrogen-bond acceptors (Lipinski definition) is 5. The second kappa shape index (κ2) is 8.16. The lowest BCUT2D eigenvalue weighted by Gasteiger charge is -2.54. The van der Waals surface area contributed by atoms with E-state index in [1.807, 2.05) is 67.3 Å². The van der Waals surface area contributed by atoms with Gasteiger partial charge in [0.2, 0.25) is 5.79 Å². The number of carbonyl (C=O) groups is 1. The fraction of sp³-hybridized carbons (Fsp3) is 0.536. The average Bonchev–Trinajstić information content (AvgIpc) is 3.35. The van der Waals surface area contributed by atoms with E-state index in [9.17, 15) is 4.79 Å². The molecule has 0 N–H and O–H groups in total. The van der Waals surface area contributed by atoms with Crippen molar-refractivity contribution in [3.63, 3.8) is 0 Å². The smallest absolute Gasteiger partial charge is 0.411 e. The lowest BCUT2D eigenvalue weighted by Crippen LogP contribution is -2.75. The van der Waals surface area contributed by atoms with E-state index in [4.69, 9.17) is 18.6 Å². The molecule has 6 atom stereocenters. The minimum absolute atomic E-state index is 0.0218. The second-order valence-corrected chi connectivity index (χ2v) is 16.3. The summed E-state index contributed by atoms with van der Waals surface area (Å²) >= 11 is 0. The third-order valence-corrected chi connectivity index (χ3v) is 12.8. The lowest BCUT2D eigenvalue weighted by atomic mass is 9.71. The summed E-state index contributed by atoms with van der Waals surface area (Å²) in [4.78, 5) is 15.4. The maximum absolute atomic E-state index is 13.5. The molecule has 2 aliphatic heterocycles. The van der Waals surface area contributed by atoms with E-state index in [0.29, 0.717) is 6.61 Å². The van der Waals surface area contributed by atoms with Crippen molar-refractivity contribution in [2.45, 2.75) is 88.4 Å². The van der Waals surface area contributed by atoms with Crippen LogP contribution in [0.15, 0.2) is 60.7 Å². The first-order valence-corrected chi connectivity index (χ1v) is 15.5. The first-order valence-electron chi connectivity index (χ1n) is 12.6. The third-order valence-electron chi connectivity index (χ3n) is 8.41. The quantitative estimate of drug-likeness (QED) is 0.337. The second-order valence-electron chi connectivity index (χ2n) is 11.5. The Balaban J connectivity index is 1.53. The molecule has 3 fully saturated rings. The predicted molar refractivity (Wildman–Crippen MR) is 136 cm³/mol. The van der Waals surface area contributed by atoms with Crippen molar-refractivity contribution in [1.82, 2.24) is 4.90 Å². The number of epoxide rings is 1. The van der Waals surface area contributed by atoms with E-state index < -0.39 is 25.8 Å². The van der Waals surface area contributed by atoms with Crippen LogP contribution in [-0.2, 0) is 18.6 Å². The van der Waals surface area contributed by atoms with Crippen LogP contribution in [0.25, 0.3) is 0 Å². The number of nitrogens with zero attached hydrogens (tertiary/aromatic N) is 1. The van der Waals surface area contributed by atoms with E-state index in [-0.39, 0.29) is 29.3 Å². The molecule has 188 valence electrons. The van der Waals surface area contributed by atoms with Crippen LogP contribution in [0.3, 0.4) is 0 Å². The highest BCUT2D eigenvalue weighted by molar-refractivity contribution is 6.74. The van der Waals surface area contributed by atoms with Gasteiger partial charge in [-0.15, -0.1) is 0 Å². The summed E-state index contributed by atoms with van der Waals surface area (Å²) in [6.45, 7) is 15.6. The maximum atomic E-state index is 13.5. The summed E-state index contributed by atoms with van der Waals surface area (Å²) in [5.41, 5.74) is 1.18. The van der Waals surface area contributed by atoms with Crippen LogP contribution in [0.5, 0.6) is 0 Å². The Kier molecular flexibility index (Phi) is 5.71. The van der Waals surface area contributed by atoms with E-state index >= 15 is 0 Å². The summed E-state index contributed by atoms with van der Waals surface area (Å²) in [7, 11) is -2.16. The van der Waals surface area contributed by atoms with Crippen LogP contribution in [0.4, 0.5) is 4.79 Å². The summed E-state index contributed by atoms with van der Waals surface area (Å²) in [6.07, 6.45) is -1.02. The van der Waals surface area contributed by atoms with Gasteiger partial charge in [-0.1, -0.05) is 81.4 Å². The summed E-state index contributed by atoms with van der Waals surface area (Å²) in [6, 6.07) is 19.4. The molecule has 5 rings (SSSR count). The van der Waals surface area contributed by atoms with Gasteiger partial charge in [0.25, 0.3) is 0 Å². The lowest BCUT2D eigenvalue weighted by molar-refractivity contribution is -0.215. The Morgan fingerprint density at radius 2 is 1.57 bits per heavy atom. The minimum atomic E-state index is -2.16. The standard InChI is InChI=1S/C28H37NO5Si/c1-8-31-27(5)23(24-28(27,33-24)34-35(6,7)26(2,3)4)29-21(19-15-11-9-12-16-19)22(32-25(29)30)20-17-13-10-14-18-20/h9-18,21-24H,8H2,1-7H3/t21-,22+,23-,24-,27+,28+/m1/s1. The van der Waals surface area contributed by atoms with Gasteiger partial charge in [-0.05, 0) is 43.1 Å². The van der Waals surface area contributed by atoms with Crippen LogP contribution >= 0.6 is 0 Å². The van der Waals surface area contributed by atoms with Crippen LogP contribution in [0, 0.1) is 0 Å². The van der Waals surface area contributed by atoms with E-state index in [1.165, 1.54) is 0 Å². The molecule has 1 amide bonds. The fourth-order valence-electron chi connectivity index (χ4n) is 5.50. The van der Waals surface area contributed by atoms with Crippen molar-refractivity contribution in [3.8, 4) is 0 Å². The van der Waals surface area contributed by atoms with Gasteiger partial charge in [0.15, 0.2) is 14.4 Å². The highest BCUT2D eigenvalue weighted by atomic mass is 28.4. The topological polar surface area (TPSA) is 60.5 Å². The summed E-state index contributed by atoms with van der Waals surface area (Å²) in [5, 5.41) is 0.0218. The zero-order valence-corrected chi connectivity index (χ0v) is 22.8. The SMILES string of the molecule is CCO[C@@]1(C)[C@H](N2C(=O)O[C@@H](c3ccccc3)[C@H]2c2ccccc2)[C@H]2O[C@]21O[Si](C)(C)C(C)(C)C. The largest absolute Gasteiger partial charge is 0.439 e. The number of fused-ring (bicyclic) bond motifs is 1. The van der Waals surface area contributed by atoms with Crippen LogP contribution in [-0.4, -0.2) is 49.5 Å². The number of amides is 1. The van der Waals surface area contributed by atoms with Crippen molar-refractivity contribution in [2.75, 3.05) is 6.61 Å². The molecule has 0 spiro atoms. The zero-order chi connectivity index (χ0) is 25.2. The number of ether oxygens (including phenoxy) is 3. The molecule has 3 aliphatic rings. The highest BCUT2D eigenvalue weighted by Gasteiger charge is 2.89. The van der Waals surface area contributed by atoms with Gasteiger partial charge in [0.1, 0.15) is 23.8 Å². The molecular formula is C28H37NO5Si. The molecule has 0 radical (unpaired) electrons. The van der Waals surface area contributed by atoms with Crippen molar-refractivity contribution in [2.24, 2.45) is 0 Å². The average molecular weight is 496 g/mol. The van der Waals surface area contributed by atoms with Gasteiger partial charge >= 0.3 is 6.09 Å². The zero-order valence-electron chi connectivity index (χ0n) is 21.8. The molecule has 35 heavy (non-hydrogen) atoms. The molecule has 2 aromatic carbocycles. The van der Waals surface area contributed by atoms with Gasteiger partial charge in [-0.25, -0.2) is 4.79 Å². The molecule has 2 heterocycles. The number of hydrogen-bond donors (Lipinski definition) is 0. The number of benzene rings is 2. The van der Waals surface area contributed by atoms with Gasteiger partial charge in [-0.3, -0.25) is 4.90 Å². The number of rotatable bonds is 7. The molecule has 1 aliphatic carbocycles. The first-order chi connectivity index (χ1) is 16.5. The summed E-state index contributed by atoms with van der Waals surface area (Å²) in [5.74, 6) is -0.830. The Labute approximate surface area is 209 Å². The van der Waals surface area contributed by atoms with Gasteiger partial charge in [-0.2, -0.15) is 0 Å². The Morgan fingerprint density at radius 3 is 2.11 bits per heavy atom. The normalized spacial score (nSPS) is 34.3. The van der Waals surface area contributed by atoms with Gasteiger partial charge in [0.05, 0.1) is 0 Å². The van der Waals surface area contributed by atoms with Gasteiger partial charge < -0.3 is 18.6 Å². The van der Waals surface area contributed by atoms with E-state index in [1.54, 1.807) is 0 Å². The molecule has 0 unspecified atom stereocenters. The predicted octanol–water partition coefficient (Wildman–Crippen LogP) is 6.22. The minimum Gasteiger partial charge on any atom is -0.439 e. The molecular weight excluding hydrogens is 458 g/mol. The van der Waals surface area contributed by atoms with Crippen LogP contribution in [0.1, 0.15) is 57.9 Å². The molecule has 7 heteroatoms. The maximum Gasteiger partial charge on any atom is 0.411 e. The molecule has 0 bridgehead atoms. The fourth-order valence-corrected chi connectivity index (χ4v) is 6.93. The molecule has 0 aromatic heterocycles. The van der Waals surface area contributed by atoms with Gasteiger partial charge in [0, 0.05) is 6.61 Å². The van der Waals surface area contributed by atoms with Crippen LogP contribution < -0.4 is 0 Å². The Morgan fingerprint density at radius 1 is 1.00 bits per heavy atom. The Hall–Kier alpha value is -2.19.